The number of ether oxygens (including phenoxy) is 1. The van der Waals surface area contributed by atoms with Crippen molar-refractivity contribution < 1.29 is 9.53 Å². The Morgan fingerprint density at radius 3 is 2.57 bits per heavy atom. The predicted molar refractivity (Wildman–Crippen MR) is 85.4 cm³/mol. The standard InChI is InChI=1S/C17H18N2O2/c1-13-7-3-5-9-15(13)19-17(20)18-12-11-14-8-4-6-10-16(14)21-2/h3-12H,1-2H3,(H2,18,19,20)/b12-11+. The molecule has 0 aliphatic rings. The number of carbonyl (C=O) groups is 1. The molecule has 0 bridgehead atoms. The van der Waals surface area contributed by atoms with Crippen molar-refractivity contribution in [3.63, 3.8) is 0 Å². The molecule has 0 radical (unpaired) electrons. The van der Waals surface area contributed by atoms with Crippen LogP contribution < -0.4 is 15.4 Å². The van der Waals surface area contributed by atoms with E-state index in [-0.39, 0.29) is 6.03 Å². The molecule has 2 N–H and O–H groups in total. The van der Waals surface area contributed by atoms with E-state index in [0.29, 0.717) is 0 Å². The van der Waals surface area contributed by atoms with Gasteiger partial charge in [0.05, 0.1) is 7.11 Å². The number of hydrogen-bond donors (Lipinski definition) is 2. The molecule has 21 heavy (non-hydrogen) atoms. The van der Waals surface area contributed by atoms with E-state index in [2.05, 4.69) is 10.6 Å². The first-order valence-corrected chi connectivity index (χ1v) is 6.63. The van der Waals surface area contributed by atoms with E-state index < -0.39 is 0 Å². The van der Waals surface area contributed by atoms with Crippen LogP contribution in [0.25, 0.3) is 6.08 Å². The van der Waals surface area contributed by atoms with Crippen molar-refractivity contribution in [2.24, 2.45) is 0 Å². The van der Waals surface area contributed by atoms with Crippen LogP contribution in [0, 0.1) is 6.92 Å². The number of aryl methyl sites for hydroxylation is 1. The smallest absolute Gasteiger partial charge is 0.323 e. The van der Waals surface area contributed by atoms with E-state index in [4.69, 9.17) is 4.74 Å². The number of methoxy groups -OCH3 is 1. The number of rotatable bonds is 4. The Bertz CT molecular complexity index is 651. The maximum atomic E-state index is 11.8. The summed E-state index contributed by atoms with van der Waals surface area (Å²) in [5.74, 6) is 0.759. The number of carbonyl (C=O) groups excluding carboxylic acids is 1. The van der Waals surface area contributed by atoms with Gasteiger partial charge in [0.15, 0.2) is 0 Å². The molecule has 0 aliphatic carbocycles. The average molecular weight is 282 g/mol. The third-order valence-corrected chi connectivity index (χ3v) is 3.01. The second-order valence-corrected chi connectivity index (χ2v) is 4.49. The summed E-state index contributed by atoms with van der Waals surface area (Å²) in [6.07, 6.45) is 3.38. The molecule has 2 aromatic rings. The molecule has 0 aliphatic heterocycles. The van der Waals surface area contributed by atoms with Gasteiger partial charge in [-0.2, -0.15) is 0 Å². The number of para-hydroxylation sites is 2. The van der Waals surface area contributed by atoms with Crippen molar-refractivity contribution in [2.75, 3.05) is 12.4 Å². The van der Waals surface area contributed by atoms with E-state index >= 15 is 0 Å². The molecule has 0 aromatic heterocycles. The largest absolute Gasteiger partial charge is 0.496 e. The van der Waals surface area contributed by atoms with Crippen LogP contribution in [0.2, 0.25) is 0 Å². The number of benzene rings is 2. The van der Waals surface area contributed by atoms with Gasteiger partial charge in [-0.25, -0.2) is 4.79 Å². The molecule has 2 rings (SSSR count). The van der Waals surface area contributed by atoms with Gasteiger partial charge in [-0.15, -0.1) is 0 Å². The van der Waals surface area contributed by atoms with E-state index in [0.717, 1.165) is 22.6 Å². The van der Waals surface area contributed by atoms with Crippen LogP contribution in [0.15, 0.2) is 54.7 Å². The zero-order valence-corrected chi connectivity index (χ0v) is 12.1. The maximum absolute atomic E-state index is 11.8. The molecule has 108 valence electrons. The zero-order valence-electron chi connectivity index (χ0n) is 12.1. The Hall–Kier alpha value is -2.75. The van der Waals surface area contributed by atoms with Crippen molar-refractivity contribution in [3.8, 4) is 5.75 Å². The summed E-state index contributed by atoms with van der Waals surface area (Å²) in [6.45, 7) is 1.94. The third kappa shape index (κ3) is 4.11. The van der Waals surface area contributed by atoms with Gasteiger partial charge in [-0.05, 0) is 30.7 Å². The van der Waals surface area contributed by atoms with Crippen molar-refractivity contribution in [2.45, 2.75) is 6.92 Å². The number of nitrogens with one attached hydrogen (secondary N) is 2. The summed E-state index contributed by atoms with van der Waals surface area (Å²) >= 11 is 0. The van der Waals surface area contributed by atoms with Gasteiger partial charge in [0, 0.05) is 17.5 Å². The zero-order chi connectivity index (χ0) is 15.1. The highest BCUT2D eigenvalue weighted by molar-refractivity contribution is 5.91. The normalized spacial score (nSPS) is 10.4. The van der Waals surface area contributed by atoms with Gasteiger partial charge in [0.2, 0.25) is 0 Å². The van der Waals surface area contributed by atoms with E-state index in [9.17, 15) is 4.79 Å². The van der Waals surface area contributed by atoms with Crippen molar-refractivity contribution in [1.82, 2.24) is 5.32 Å². The van der Waals surface area contributed by atoms with Crippen LogP contribution in [0.1, 0.15) is 11.1 Å². The number of urea groups is 1. The molecule has 0 atom stereocenters. The van der Waals surface area contributed by atoms with E-state index in [1.165, 1.54) is 0 Å². The Labute approximate surface area is 124 Å². The Balaban J connectivity index is 1.95. The molecule has 4 heteroatoms. The fraction of sp³-hybridized carbons (Fsp3) is 0.118. The van der Waals surface area contributed by atoms with Crippen LogP contribution in [0.5, 0.6) is 5.75 Å². The number of anilines is 1. The van der Waals surface area contributed by atoms with Crippen LogP contribution in [-0.4, -0.2) is 13.1 Å². The predicted octanol–water partition coefficient (Wildman–Crippen LogP) is 3.80. The molecule has 0 fully saturated rings. The van der Waals surface area contributed by atoms with Gasteiger partial charge in [0.1, 0.15) is 5.75 Å². The van der Waals surface area contributed by atoms with Gasteiger partial charge < -0.3 is 15.4 Å². The topological polar surface area (TPSA) is 50.4 Å². The molecular weight excluding hydrogens is 264 g/mol. The molecule has 0 heterocycles. The highest BCUT2D eigenvalue weighted by Crippen LogP contribution is 2.18. The van der Waals surface area contributed by atoms with Crippen LogP contribution in [-0.2, 0) is 0 Å². The number of hydrogen-bond acceptors (Lipinski definition) is 2. The Morgan fingerprint density at radius 2 is 1.81 bits per heavy atom. The minimum Gasteiger partial charge on any atom is -0.496 e. The SMILES string of the molecule is COc1ccccc1/C=C/NC(=O)Nc1ccccc1C. The summed E-state index contributed by atoms with van der Waals surface area (Å²) in [6, 6.07) is 14.9. The van der Waals surface area contributed by atoms with Crippen LogP contribution in [0.4, 0.5) is 10.5 Å². The molecule has 0 saturated carbocycles. The minimum absolute atomic E-state index is 0.282. The molecule has 0 saturated heterocycles. The van der Waals surface area contributed by atoms with Gasteiger partial charge in [-0.3, -0.25) is 0 Å². The summed E-state index contributed by atoms with van der Waals surface area (Å²) in [4.78, 5) is 11.8. The average Bonchev–Trinajstić information content (AvgIpc) is 2.50. The lowest BCUT2D eigenvalue weighted by Gasteiger charge is -2.07. The molecule has 0 unspecified atom stereocenters. The van der Waals surface area contributed by atoms with E-state index in [1.807, 2.05) is 55.5 Å². The lowest BCUT2D eigenvalue weighted by Crippen LogP contribution is -2.24. The first kappa shape index (κ1) is 14.7. The monoisotopic (exact) mass is 282 g/mol. The van der Waals surface area contributed by atoms with Crippen molar-refractivity contribution >= 4 is 17.8 Å². The van der Waals surface area contributed by atoms with Gasteiger partial charge >= 0.3 is 6.03 Å². The minimum atomic E-state index is -0.282. The highest BCUT2D eigenvalue weighted by atomic mass is 16.5. The molecular formula is C17H18N2O2. The maximum Gasteiger partial charge on any atom is 0.323 e. The van der Waals surface area contributed by atoms with Gasteiger partial charge in [0.25, 0.3) is 0 Å². The summed E-state index contributed by atoms with van der Waals surface area (Å²) in [7, 11) is 1.62. The summed E-state index contributed by atoms with van der Waals surface area (Å²) in [5.41, 5.74) is 2.71. The van der Waals surface area contributed by atoms with Crippen LogP contribution >= 0.6 is 0 Å². The second-order valence-electron chi connectivity index (χ2n) is 4.49. The molecule has 2 amide bonds. The van der Waals surface area contributed by atoms with Gasteiger partial charge in [-0.1, -0.05) is 36.4 Å². The second kappa shape index (κ2) is 7.14. The summed E-state index contributed by atoms with van der Waals surface area (Å²) < 4.78 is 5.23. The quantitative estimate of drug-likeness (QED) is 0.896. The fourth-order valence-electron chi connectivity index (χ4n) is 1.88. The number of amides is 2. The summed E-state index contributed by atoms with van der Waals surface area (Å²) in [5, 5.41) is 5.46. The van der Waals surface area contributed by atoms with Crippen molar-refractivity contribution in [3.05, 3.63) is 65.9 Å². The third-order valence-electron chi connectivity index (χ3n) is 3.01. The fourth-order valence-corrected chi connectivity index (χ4v) is 1.88. The van der Waals surface area contributed by atoms with Crippen LogP contribution in [0.3, 0.4) is 0 Å². The lowest BCUT2D eigenvalue weighted by molar-refractivity contribution is 0.255. The molecule has 2 aromatic carbocycles. The first-order valence-electron chi connectivity index (χ1n) is 6.63. The molecule has 0 spiro atoms. The Morgan fingerprint density at radius 1 is 1.10 bits per heavy atom. The Kier molecular flexibility index (Phi) is 4.99. The highest BCUT2D eigenvalue weighted by Gasteiger charge is 2.01. The van der Waals surface area contributed by atoms with E-state index in [1.54, 1.807) is 19.4 Å². The first-order chi connectivity index (χ1) is 10.2. The van der Waals surface area contributed by atoms with Crippen molar-refractivity contribution in [1.29, 1.82) is 0 Å². The lowest BCUT2D eigenvalue weighted by atomic mass is 10.2. The molecule has 4 nitrogen and oxygen atoms in total.